The molecule has 1 unspecified atom stereocenters. The van der Waals surface area contributed by atoms with E-state index in [0.29, 0.717) is 30.1 Å². The number of rotatable bonds is 10. The van der Waals surface area contributed by atoms with Gasteiger partial charge in [-0.15, -0.1) is 0 Å². The van der Waals surface area contributed by atoms with E-state index in [1.54, 1.807) is 0 Å². The smallest absolute Gasteiger partial charge is 0.303 e. The number of hydrogen-bond donors (Lipinski definition) is 8. The molecule has 14 nitrogen and oxygen atoms in total. The molecule has 2 aliphatic rings. The first kappa shape index (κ1) is 34.3. The van der Waals surface area contributed by atoms with Gasteiger partial charge < -0.3 is 55.7 Å². The number of nitrogens with one attached hydrogen (secondary N) is 2. The molecule has 0 saturated carbocycles. The molecule has 0 bridgehead atoms. The summed E-state index contributed by atoms with van der Waals surface area (Å²) in [4.78, 5) is 39.8. The number of amides is 2. The van der Waals surface area contributed by atoms with Gasteiger partial charge in [0.1, 0.15) is 18.1 Å². The zero-order valence-electron chi connectivity index (χ0n) is 25.5. The van der Waals surface area contributed by atoms with Crippen LogP contribution in [-0.2, 0) is 33.3 Å². The largest absolute Gasteiger partial charge is 0.367 e. The summed E-state index contributed by atoms with van der Waals surface area (Å²) in [6.45, 7) is 8.77. The molecule has 0 aromatic heterocycles. The first-order valence-electron chi connectivity index (χ1n) is 14.1. The van der Waals surface area contributed by atoms with Gasteiger partial charge in [-0.3, -0.25) is 14.5 Å². The first-order valence-corrected chi connectivity index (χ1v) is 14.1. The van der Waals surface area contributed by atoms with Crippen LogP contribution in [0.15, 0.2) is 36.4 Å². The van der Waals surface area contributed by atoms with Crippen molar-refractivity contribution < 1.29 is 54.2 Å². The van der Waals surface area contributed by atoms with Crippen molar-refractivity contribution in [3.63, 3.8) is 0 Å². The van der Waals surface area contributed by atoms with Crippen molar-refractivity contribution in [1.29, 1.82) is 0 Å². The first-order chi connectivity index (χ1) is 20.7. The van der Waals surface area contributed by atoms with Crippen molar-refractivity contribution in [1.82, 2.24) is 15.1 Å². The topological polar surface area (TPSA) is 212 Å². The number of likely N-dealkylation sites (N-methyl/N-ethyl adjacent to an activating group) is 1. The van der Waals surface area contributed by atoms with Gasteiger partial charge in [-0.05, 0) is 57.5 Å². The molecule has 246 valence electrons. The number of aldehydes is 1. The molecule has 0 aliphatic carbocycles. The number of nitrogens with zero attached hydrogens (tertiary/aromatic N) is 2. The Balaban J connectivity index is 1.61. The third kappa shape index (κ3) is 6.57. The van der Waals surface area contributed by atoms with Crippen LogP contribution in [0.1, 0.15) is 54.7 Å². The van der Waals surface area contributed by atoms with Crippen LogP contribution in [-0.4, -0.2) is 107 Å². The van der Waals surface area contributed by atoms with Crippen molar-refractivity contribution in [3.05, 3.63) is 64.5 Å². The maximum Gasteiger partial charge on any atom is 0.303 e. The molecule has 2 aromatic rings. The second-order valence-electron chi connectivity index (χ2n) is 12.7. The normalized spacial score (nSPS) is 19.2. The summed E-state index contributed by atoms with van der Waals surface area (Å²) in [7, 11) is 0.975. The number of hydrogen-bond acceptors (Lipinski definition) is 12. The number of aliphatic hydroxyl groups is 6. The molecule has 2 aromatic carbocycles. The second-order valence-corrected chi connectivity index (χ2v) is 12.7. The standard InChI is InChI=1S/C30H39FN4O10/c1-26(2)15-34(16-27(3,4)45-26)12-17-9-10-21(31)20(11-17)30(43,44)33-22-8-6-7-18-19(22)13-35(24(18)37)23(14-36)28(39,40)29(41,42)25(38)32-5/h6-11,14,23,33,39-44H,12-13,15-16H2,1-5H3,(H,32,38). The van der Waals surface area contributed by atoms with Gasteiger partial charge in [-0.2, -0.15) is 0 Å². The third-order valence-corrected chi connectivity index (χ3v) is 7.81. The van der Waals surface area contributed by atoms with Crippen molar-refractivity contribution in [3.8, 4) is 0 Å². The van der Waals surface area contributed by atoms with Crippen LogP contribution in [0.5, 0.6) is 0 Å². The molecule has 0 spiro atoms. The zero-order chi connectivity index (χ0) is 33.8. The summed E-state index contributed by atoms with van der Waals surface area (Å²) in [5.41, 5.74) is -1.01. The van der Waals surface area contributed by atoms with Crippen LogP contribution < -0.4 is 10.6 Å². The lowest BCUT2D eigenvalue weighted by Gasteiger charge is -2.47. The van der Waals surface area contributed by atoms with E-state index in [9.17, 15) is 45.0 Å². The predicted octanol–water partition coefficient (Wildman–Crippen LogP) is -0.947. The quantitative estimate of drug-likeness (QED) is 0.117. The highest BCUT2D eigenvalue weighted by Crippen LogP contribution is 2.37. The number of morpholine rings is 1. The average molecular weight is 635 g/mol. The number of fused-ring (bicyclic) bond motifs is 1. The Morgan fingerprint density at radius 1 is 1.07 bits per heavy atom. The lowest BCUT2D eigenvalue weighted by molar-refractivity contribution is -0.348. The summed E-state index contributed by atoms with van der Waals surface area (Å²) in [6, 6.07) is 5.55. The Hall–Kier alpha value is -3.54. The number of benzene rings is 2. The molecular formula is C30H39FN4O10. The van der Waals surface area contributed by atoms with Crippen LogP contribution in [0.2, 0.25) is 0 Å². The molecule has 15 heteroatoms. The lowest BCUT2D eigenvalue weighted by atomic mass is 9.96. The fourth-order valence-electron chi connectivity index (χ4n) is 6.14. The van der Waals surface area contributed by atoms with Crippen LogP contribution in [0.4, 0.5) is 10.1 Å². The van der Waals surface area contributed by atoms with E-state index < -0.39 is 64.5 Å². The fraction of sp³-hybridized carbons (Fsp3) is 0.500. The molecule has 1 fully saturated rings. The molecule has 45 heavy (non-hydrogen) atoms. The molecule has 1 atom stereocenters. The van der Waals surface area contributed by atoms with Crippen LogP contribution in [0, 0.1) is 5.82 Å². The molecule has 0 radical (unpaired) electrons. The number of ether oxygens (including phenoxy) is 1. The maximum atomic E-state index is 15.0. The molecule has 1 saturated heterocycles. The Morgan fingerprint density at radius 2 is 1.69 bits per heavy atom. The third-order valence-electron chi connectivity index (χ3n) is 7.81. The Labute approximate surface area is 258 Å². The van der Waals surface area contributed by atoms with Crippen LogP contribution >= 0.6 is 0 Å². The number of carbonyl (C=O) groups excluding carboxylic acids is 3. The minimum Gasteiger partial charge on any atom is -0.367 e. The zero-order valence-corrected chi connectivity index (χ0v) is 25.5. The molecule has 4 rings (SSSR count). The van der Waals surface area contributed by atoms with Gasteiger partial charge >= 0.3 is 5.79 Å². The monoisotopic (exact) mass is 634 g/mol. The summed E-state index contributed by atoms with van der Waals surface area (Å²) < 4.78 is 21.2. The van der Waals surface area contributed by atoms with E-state index in [1.807, 2.05) is 33.0 Å². The molecular weight excluding hydrogens is 595 g/mol. The van der Waals surface area contributed by atoms with Crippen LogP contribution in [0.25, 0.3) is 0 Å². The van der Waals surface area contributed by atoms with E-state index in [2.05, 4.69) is 10.2 Å². The molecule has 8 N–H and O–H groups in total. The van der Waals surface area contributed by atoms with Gasteiger partial charge in [0.05, 0.1) is 16.8 Å². The number of anilines is 1. The predicted molar refractivity (Wildman–Crippen MR) is 155 cm³/mol. The van der Waals surface area contributed by atoms with E-state index in [0.717, 1.165) is 13.1 Å². The van der Waals surface area contributed by atoms with E-state index in [1.165, 1.54) is 30.3 Å². The Morgan fingerprint density at radius 3 is 2.27 bits per heavy atom. The number of carbonyl (C=O) groups is 3. The van der Waals surface area contributed by atoms with Crippen LogP contribution in [0.3, 0.4) is 0 Å². The maximum absolute atomic E-state index is 15.0. The van der Waals surface area contributed by atoms with Gasteiger partial charge in [0, 0.05) is 50.0 Å². The van der Waals surface area contributed by atoms with E-state index >= 15 is 4.39 Å². The van der Waals surface area contributed by atoms with E-state index in [-0.39, 0.29) is 23.1 Å². The van der Waals surface area contributed by atoms with Gasteiger partial charge in [0.25, 0.3) is 23.5 Å². The molecule has 2 heterocycles. The highest BCUT2D eigenvalue weighted by Gasteiger charge is 2.61. The highest BCUT2D eigenvalue weighted by atomic mass is 19.1. The van der Waals surface area contributed by atoms with Crippen molar-refractivity contribution in [2.75, 3.05) is 25.5 Å². The molecule has 2 amide bonds. The van der Waals surface area contributed by atoms with E-state index in [4.69, 9.17) is 4.74 Å². The minimum atomic E-state index is -3.91. The Bertz CT molecular complexity index is 1480. The minimum absolute atomic E-state index is 0.0355. The second kappa shape index (κ2) is 11.7. The Kier molecular flexibility index (Phi) is 8.91. The summed E-state index contributed by atoms with van der Waals surface area (Å²) in [5.74, 6) is -14.4. The lowest BCUT2D eigenvalue weighted by Crippen LogP contribution is -2.71. The SMILES string of the molecule is CNC(=O)C(O)(O)C(O)(O)C(C=O)N1Cc2c(NC(O)(O)c3cc(CN4CC(C)(C)OC(C)(C)C4)ccc3F)cccc2C1=O. The number of halogens is 1. The van der Waals surface area contributed by atoms with Crippen molar-refractivity contribution in [2.24, 2.45) is 0 Å². The average Bonchev–Trinajstić information content (AvgIpc) is 3.24. The molecule has 2 aliphatic heterocycles. The van der Waals surface area contributed by atoms with Gasteiger partial charge in [0.15, 0.2) is 0 Å². The van der Waals surface area contributed by atoms with Gasteiger partial charge in [-0.25, -0.2) is 4.39 Å². The fourth-order valence-corrected chi connectivity index (χ4v) is 6.14. The van der Waals surface area contributed by atoms with Crippen molar-refractivity contribution in [2.45, 2.75) is 75.5 Å². The van der Waals surface area contributed by atoms with Crippen molar-refractivity contribution >= 4 is 23.8 Å². The van der Waals surface area contributed by atoms with Gasteiger partial charge in [0.2, 0.25) is 0 Å². The summed E-state index contributed by atoms with van der Waals surface area (Å²) in [5, 5.41) is 67.7. The highest BCUT2D eigenvalue weighted by molar-refractivity contribution is 6.01. The van der Waals surface area contributed by atoms with Gasteiger partial charge in [-0.1, -0.05) is 12.1 Å². The summed E-state index contributed by atoms with van der Waals surface area (Å²) >= 11 is 0. The summed E-state index contributed by atoms with van der Waals surface area (Å²) in [6.07, 6.45) is -0.152.